The summed E-state index contributed by atoms with van der Waals surface area (Å²) >= 11 is 0. The Morgan fingerprint density at radius 2 is 1.78 bits per heavy atom. The van der Waals surface area contributed by atoms with Gasteiger partial charge in [-0.05, 0) is 24.3 Å². The molecule has 3 rings (SSSR count). The van der Waals surface area contributed by atoms with Crippen LogP contribution in [0.5, 0.6) is 0 Å². The molecule has 2 aromatic carbocycles. The predicted molar refractivity (Wildman–Crippen MR) is 82.5 cm³/mol. The highest BCUT2D eigenvalue weighted by Gasteiger charge is 2.26. The fourth-order valence-electron chi connectivity index (χ4n) is 2.21. The molecule has 7 nitrogen and oxygen atoms in total. The molecule has 1 atom stereocenters. The smallest absolute Gasteiger partial charge is 0.351 e. The SMILES string of the molecule is COC(=O)C(NC(=O)c1ccccc1)n1nnc2ccccc21. The van der Waals surface area contributed by atoms with Crippen molar-refractivity contribution in [3.63, 3.8) is 0 Å². The third kappa shape index (κ3) is 2.89. The number of benzene rings is 2. The van der Waals surface area contributed by atoms with Gasteiger partial charge in [0.1, 0.15) is 5.52 Å². The molecule has 1 amide bonds. The summed E-state index contributed by atoms with van der Waals surface area (Å²) in [7, 11) is 1.25. The molecule has 0 aliphatic rings. The highest BCUT2D eigenvalue weighted by Crippen LogP contribution is 2.15. The Bertz CT molecular complexity index is 845. The zero-order valence-electron chi connectivity index (χ0n) is 12.3. The van der Waals surface area contributed by atoms with Crippen LogP contribution in [0.4, 0.5) is 0 Å². The molecule has 0 aliphatic carbocycles. The number of nitrogens with zero attached hydrogens (tertiary/aromatic N) is 3. The lowest BCUT2D eigenvalue weighted by atomic mass is 10.2. The van der Waals surface area contributed by atoms with Crippen molar-refractivity contribution in [3.8, 4) is 0 Å². The number of carbonyl (C=O) groups excluding carboxylic acids is 2. The van der Waals surface area contributed by atoms with Crippen LogP contribution in [-0.2, 0) is 9.53 Å². The minimum Gasteiger partial charge on any atom is -0.466 e. The van der Waals surface area contributed by atoms with Gasteiger partial charge in [-0.2, -0.15) is 0 Å². The molecular formula is C16H14N4O3. The maximum Gasteiger partial charge on any atom is 0.351 e. The summed E-state index contributed by atoms with van der Waals surface area (Å²) in [5.74, 6) is -1.04. The molecular weight excluding hydrogens is 296 g/mol. The number of para-hydroxylation sites is 1. The summed E-state index contributed by atoms with van der Waals surface area (Å²) in [6, 6.07) is 15.8. The second kappa shape index (κ2) is 6.27. The van der Waals surface area contributed by atoms with Crippen LogP contribution in [0.25, 0.3) is 11.0 Å². The van der Waals surface area contributed by atoms with Crippen LogP contribution >= 0.6 is 0 Å². The molecule has 0 bridgehead atoms. The number of methoxy groups -OCH3 is 1. The van der Waals surface area contributed by atoms with E-state index in [-0.39, 0.29) is 0 Å². The molecule has 116 valence electrons. The largest absolute Gasteiger partial charge is 0.466 e. The fourth-order valence-corrected chi connectivity index (χ4v) is 2.21. The van der Waals surface area contributed by atoms with E-state index in [1.807, 2.05) is 6.07 Å². The number of nitrogens with one attached hydrogen (secondary N) is 1. The van der Waals surface area contributed by atoms with Crippen LogP contribution in [0.3, 0.4) is 0 Å². The number of fused-ring (bicyclic) bond motifs is 1. The van der Waals surface area contributed by atoms with Crippen molar-refractivity contribution < 1.29 is 14.3 Å². The number of esters is 1. The van der Waals surface area contributed by atoms with E-state index >= 15 is 0 Å². The Morgan fingerprint density at radius 3 is 2.52 bits per heavy atom. The molecule has 3 aromatic rings. The fraction of sp³-hybridized carbons (Fsp3) is 0.125. The first-order chi connectivity index (χ1) is 11.2. The topological polar surface area (TPSA) is 86.1 Å². The van der Waals surface area contributed by atoms with E-state index in [2.05, 4.69) is 15.6 Å². The van der Waals surface area contributed by atoms with E-state index < -0.39 is 18.0 Å². The molecule has 0 aliphatic heterocycles. The maximum atomic E-state index is 12.3. The van der Waals surface area contributed by atoms with Crippen molar-refractivity contribution in [3.05, 3.63) is 60.2 Å². The first kappa shape index (κ1) is 14.7. The van der Waals surface area contributed by atoms with Gasteiger partial charge in [-0.3, -0.25) is 4.79 Å². The average molecular weight is 310 g/mol. The monoisotopic (exact) mass is 310 g/mol. The second-order valence-corrected chi connectivity index (χ2v) is 4.79. The van der Waals surface area contributed by atoms with Gasteiger partial charge in [0.2, 0.25) is 6.17 Å². The van der Waals surface area contributed by atoms with Gasteiger partial charge in [-0.15, -0.1) is 5.10 Å². The number of hydrogen-bond donors (Lipinski definition) is 1. The van der Waals surface area contributed by atoms with Gasteiger partial charge in [-0.1, -0.05) is 35.5 Å². The van der Waals surface area contributed by atoms with E-state index in [1.54, 1.807) is 48.5 Å². The minimum absolute atomic E-state index is 0.402. The number of aromatic nitrogens is 3. The van der Waals surface area contributed by atoms with Gasteiger partial charge in [0.25, 0.3) is 5.91 Å². The van der Waals surface area contributed by atoms with Crippen molar-refractivity contribution in [2.75, 3.05) is 7.11 Å². The number of hydrogen-bond acceptors (Lipinski definition) is 5. The molecule has 1 unspecified atom stereocenters. The Morgan fingerprint density at radius 1 is 1.09 bits per heavy atom. The van der Waals surface area contributed by atoms with E-state index in [4.69, 9.17) is 4.74 Å². The van der Waals surface area contributed by atoms with Crippen LogP contribution in [0.2, 0.25) is 0 Å². The average Bonchev–Trinajstić information content (AvgIpc) is 3.03. The van der Waals surface area contributed by atoms with Crippen molar-refractivity contribution in [1.29, 1.82) is 0 Å². The lowest BCUT2D eigenvalue weighted by Gasteiger charge is -2.17. The zero-order valence-corrected chi connectivity index (χ0v) is 12.3. The normalized spacial score (nSPS) is 11.9. The Hall–Kier alpha value is -3.22. The first-order valence-corrected chi connectivity index (χ1v) is 6.94. The molecule has 23 heavy (non-hydrogen) atoms. The number of rotatable bonds is 4. The number of ether oxygens (including phenoxy) is 1. The van der Waals surface area contributed by atoms with Gasteiger partial charge in [0.15, 0.2) is 0 Å². The van der Waals surface area contributed by atoms with Crippen molar-refractivity contribution in [2.45, 2.75) is 6.17 Å². The Balaban J connectivity index is 1.96. The summed E-state index contributed by atoms with van der Waals surface area (Å²) in [5, 5.41) is 10.6. The molecule has 1 heterocycles. The lowest BCUT2D eigenvalue weighted by molar-refractivity contribution is -0.145. The molecule has 1 N–H and O–H groups in total. The third-order valence-electron chi connectivity index (χ3n) is 3.35. The number of amides is 1. The molecule has 1 aromatic heterocycles. The standard InChI is InChI=1S/C16H14N4O3/c1-23-16(22)14(17-15(21)11-7-3-2-4-8-11)20-13-10-6-5-9-12(13)18-19-20/h2-10,14H,1H3,(H,17,21). The van der Waals surface area contributed by atoms with E-state index in [1.165, 1.54) is 11.8 Å². The number of carbonyl (C=O) groups is 2. The van der Waals surface area contributed by atoms with Crippen LogP contribution in [-0.4, -0.2) is 34.0 Å². The van der Waals surface area contributed by atoms with Gasteiger partial charge >= 0.3 is 5.97 Å². The zero-order chi connectivity index (χ0) is 16.2. The summed E-state index contributed by atoms with van der Waals surface area (Å²) in [5.41, 5.74) is 1.68. The van der Waals surface area contributed by atoms with Crippen molar-refractivity contribution in [2.24, 2.45) is 0 Å². The van der Waals surface area contributed by atoms with E-state index in [0.29, 0.717) is 16.6 Å². The molecule has 7 heteroatoms. The highest BCUT2D eigenvalue weighted by atomic mass is 16.5. The van der Waals surface area contributed by atoms with Crippen LogP contribution in [0.1, 0.15) is 16.5 Å². The van der Waals surface area contributed by atoms with Crippen LogP contribution in [0, 0.1) is 0 Å². The van der Waals surface area contributed by atoms with Crippen LogP contribution < -0.4 is 5.32 Å². The molecule has 0 radical (unpaired) electrons. The Labute approximate surface area is 131 Å². The molecule has 0 saturated heterocycles. The van der Waals surface area contributed by atoms with Gasteiger partial charge in [-0.25, -0.2) is 9.48 Å². The summed E-state index contributed by atoms with van der Waals surface area (Å²) in [6.07, 6.45) is -1.10. The van der Waals surface area contributed by atoms with E-state index in [9.17, 15) is 9.59 Å². The molecule has 0 saturated carbocycles. The third-order valence-corrected chi connectivity index (χ3v) is 3.35. The van der Waals surface area contributed by atoms with E-state index in [0.717, 1.165) is 0 Å². The van der Waals surface area contributed by atoms with Crippen molar-refractivity contribution >= 4 is 22.9 Å². The second-order valence-electron chi connectivity index (χ2n) is 4.79. The Kier molecular flexibility index (Phi) is 4.01. The summed E-state index contributed by atoms with van der Waals surface area (Å²) < 4.78 is 6.11. The van der Waals surface area contributed by atoms with Gasteiger partial charge in [0, 0.05) is 5.56 Å². The van der Waals surface area contributed by atoms with Crippen molar-refractivity contribution in [1.82, 2.24) is 20.3 Å². The quantitative estimate of drug-likeness (QED) is 0.739. The maximum absolute atomic E-state index is 12.3. The highest BCUT2D eigenvalue weighted by molar-refractivity contribution is 5.96. The van der Waals surface area contributed by atoms with Gasteiger partial charge in [0.05, 0.1) is 12.6 Å². The predicted octanol–water partition coefficient (Wildman–Crippen LogP) is 1.53. The first-order valence-electron chi connectivity index (χ1n) is 6.94. The molecule has 0 spiro atoms. The molecule has 0 fully saturated rings. The summed E-state index contributed by atoms with van der Waals surface area (Å²) in [4.78, 5) is 24.4. The lowest BCUT2D eigenvalue weighted by Crippen LogP contribution is -2.39. The summed E-state index contributed by atoms with van der Waals surface area (Å²) in [6.45, 7) is 0. The van der Waals surface area contributed by atoms with Gasteiger partial charge < -0.3 is 10.1 Å². The minimum atomic E-state index is -1.10. The van der Waals surface area contributed by atoms with Crippen LogP contribution in [0.15, 0.2) is 54.6 Å².